The van der Waals surface area contributed by atoms with Gasteiger partial charge in [0.25, 0.3) is 0 Å². The Kier molecular flexibility index (Phi) is 5.17. The second-order valence-corrected chi connectivity index (χ2v) is 5.27. The highest BCUT2D eigenvalue weighted by Crippen LogP contribution is 2.28. The first-order valence-electron chi connectivity index (χ1n) is 6.01. The fourth-order valence-corrected chi connectivity index (χ4v) is 2.09. The number of anilines is 3. The molecular weight excluding hydrogens is 344 g/mol. The molecule has 0 aliphatic rings. The van der Waals surface area contributed by atoms with Crippen molar-refractivity contribution in [2.24, 2.45) is 0 Å². The van der Waals surface area contributed by atoms with Gasteiger partial charge in [0.05, 0.1) is 5.69 Å². The van der Waals surface area contributed by atoms with Crippen LogP contribution in [-0.2, 0) is 11.3 Å². The van der Waals surface area contributed by atoms with Crippen molar-refractivity contribution in [1.29, 1.82) is 0 Å². The summed E-state index contributed by atoms with van der Waals surface area (Å²) in [6, 6.07) is 7.11. The summed E-state index contributed by atoms with van der Waals surface area (Å²) in [6.07, 6.45) is 0. The van der Waals surface area contributed by atoms with Crippen LogP contribution in [0.4, 0.5) is 17.3 Å². The van der Waals surface area contributed by atoms with Crippen LogP contribution in [0, 0.1) is 0 Å². The van der Waals surface area contributed by atoms with Crippen LogP contribution in [0.2, 0.25) is 5.02 Å². The molecule has 0 aliphatic carbocycles. The summed E-state index contributed by atoms with van der Waals surface area (Å²) in [6.45, 7) is 2.84. The van der Waals surface area contributed by atoms with Gasteiger partial charge < -0.3 is 15.8 Å². The Hall–Kier alpha value is -1.37. The Morgan fingerprint density at radius 1 is 1.35 bits per heavy atom. The number of rotatable bonds is 5. The molecule has 0 saturated heterocycles. The van der Waals surface area contributed by atoms with Crippen molar-refractivity contribution in [3.8, 4) is 0 Å². The Bertz CT molecular complexity index is 609. The van der Waals surface area contributed by atoms with Crippen LogP contribution in [0.15, 0.2) is 28.7 Å². The summed E-state index contributed by atoms with van der Waals surface area (Å²) in [5, 5.41) is 3.78. The lowest BCUT2D eigenvalue weighted by molar-refractivity contribution is 0.128. The maximum Gasteiger partial charge on any atom is 0.158 e. The van der Waals surface area contributed by atoms with Gasteiger partial charge in [-0.1, -0.05) is 11.6 Å². The minimum atomic E-state index is 0.326. The second-order valence-electron chi connectivity index (χ2n) is 3.98. The lowest BCUT2D eigenvalue weighted by Crippen LogP contribution is -2.05. The monoisotopic (exact) mass is 356 g/mol. The molecule has 0 unspecified atom stereocenters. The Balaban J connectivity index is 2.24. The number of halogens is 2. The van der Waals surface area contributed by atoms with Crippen LogP contribution in [0.5, 0.6) is 0 Å². The number of nitrogens with zero attached hydrogens (tertiary/aromatic N) is 2. The molecule has 1 heterocycles. The summed E-state index contributed by atoms with van der Waals surface area (Å²) in [5.41, 5.74) is 6.57. The van der Waals surface area contributed by atoms with Gasteiger partial charge in [0.2, 0.25) is 0 Å². The highest BCUT2D eigenvalue weighted by Gasteiger charge is 2.06. The minimum Gasteiger partial charge on any atom is -0.384 e. The molecule has 1 aromatic heterocycles. The lowest BCUT2D eigenvalue weighted by Gasteiger charge is -2.10. The zero-order valence-corrected chi connectivity index (χ0v) is 13.2. The molecule has 0 spiro atoms. The highest BCUT2D eigenvalue weighted by molar-refractivity contribution is 9.10. The largest absolute Gasteiger partial charge is 0.384 e. The van der Waals surface area contributed by atoms with Gasteiger partial charge in [0.15, 0.2) is 5.82 Å². The van der Waals surface area contributed by atoms with Crippen molar-refractivity contribution < 1.29 is 4.74 Å². The molecule has 0 aliphatic heterocycles. The van der Waals surface area contributed by atoms with Gasteiger partial charge in [-0.25, -0.2) is 9.97 Å². The Labute approximate surface area is 130 Å². The number of nitrogens with two attached hydrogens (primary N) is 1. The topological polar surface area (TPSA) is 73.1 Å². The maximum absolute atomic E-state index is 5.98. The van der Waals surface area contributed by atoms with Crippen LogP contribution >= 0.6 is 27.5 Å². The van der Waals surface area contributed by atoms with Crippen LogP contribution < -0.4 is 11.1 Å². The number of hydrogen-bond donors (Lipinski definition) is 2. The quantitative estimate of drug-likeness (QED) is 0.852. The van der Waals surface area contributed by atoms with E-state index < -0.39 is 0 Å². The molecule has 2 rings (SSSR count). The predicted molar refractivity (Wildman–Crippen MR) is 84.2 cm³/mol. The molecule has 0 amide bonds. The molecule has 3 N–H and O–H groups in total. The number of nitrogens with one attached hydrogen (secondary N) is 1. The van der Waals surface area contributed by atoms with Crippen molar-refractivity contribution in [3.63, 3.8) is 0 Å². The molecule has 0 atom stereocenters. The zero-order chi connectivity index (χ0) is 14.5. The van der Waals surface area contributed by atoms with Gasteiger partial charge in [-0.15, -0.1) is 0 Å². The Morgan fingerprint density at radius 2 is 2.15 bits per heavy atom. The van der Waals surface area contributed by atoms with Crippen molar-refractivity contribution in [1.82, 2.24) is 9.97 Å². The molecule has 2 aromatic rings. The van der Waals surface area contributed by atoms with E-state index in [2.05, 4.69) is 31.2 Å². The van der Waals surface area contributed by atoms with Crippen LogP contribution in [-0.4, -0.2) is 16.6 Å². The highest BCUT2D eigenvalue weighted by atomic mass is 79.9. The van der Waals surface area contributed by atoms with E-state index in [1.54, 1.807) is 18.2 Å². The molecule has 0 saturated carbocycles. The average molecular weight is 358 g/mol. The summed E-state index contributed by atoms with van der Waals surface area (Å²) in [4.78, 5) is 8.46. The van der Waals surface area contributed by atoms with E-state index in [9.17, 15) is 0 Å². The first kappa shape index (κ1) is 15.0. The maximum atomic E-state index is 5.98. The average Bonchev–Trinajstić information content (AvgIpc) is 2.40. The third-order valence-corrected chi connectivity index (χ3v) is 3.35. The Morgan fingerprint density at radius 3 is 2.90 bits per heavy atom. The number of benzene rings is 1. The molecule has 0 radical (unpaired) electrons. The van der Waals surface area contributed by atoms with E-state index in [0.29, 0.717) is 35.7 Å². The number of nitrogen functional groups attached to an aromatic ring is 1. The molecule has 20 heavy (non-hydrogen) atoms. The summed E-state index contributed by atoms with van der Waals surface area (Å²) >= 11 is 9.42. The summed E-state index contributed by atoms with van der Waals surface area (Å²) < 4.78 is 6.16. The fourth-order valence-electron chi connectivity index (χ4n) is 1.57. The number of ether oxygens (including phenoxy) is 1. The molecule has 0 fully saturated rings. The zero-order valence-electron chi connectivity index (χ0n) is 10.9. The van der Waals surface area contributed by atoms with E-state index in [1.807, 2.05) is 13.0 Å². The van der Waals surface area contributed by atoms with Gasteiger partial charge in [0, 0.05) is 22.2 Å². The molecule has 1 aromatic carbocycles. The second kappa shape index (κ2) is 6.88. The first-order chi connectivity index (χ1) is 9.58. The smallest absolute Gasteiger partial charge is 0.158 e. The number of aromatic nitrogens is 2. The van der Waals surface area contributed by atoms with Crippen molar-refractivity contribution in [2.75, 3.05) is 17.7 Å². The van der Waals surface area contributed by atoms with Crippen LogP contribution in [0.3, 0.4) is 0 Å². The van der Waals surface area contributed by atoms with Gasteiger partial charge >= 0.3 is 0 Å². The standard InChI is InChI=1S/C13H14BrClN4O/c1-2-20-7-13-18-11(16)6-12(19-13)17-10-5-8(15)3-4-9(10)14/h3-6H,2,7H2,1H3,(H3,16,17,18,19). The van der Waals surface area contributed by atoms with Crippen LogP contribution in [0.25, 0.3) is 0 Å². The molecule has 5 nitrogen and oxygen atoms in total. The summed E-state index contributed by atoms with van der Waals surface area (Å²) in [7, 11) is 0. The van der Waals surface area contributed by atoms with Crippen molar-refractivity contribution >= 4 is 44.9 Å². The molecule has 0 bridgehead atoms. The first-order valence-corrected chi connectivity index (χ1v) is 7.19. The number of hydrogen-bond acceptors (Lipinski definition) is 5. The fraction of sp³-hybridized carbons (Fsp3) is 0.231. The molecular formula is C13H14BrClN4O. The van der Waals surface area contributed by atoms with Gasteiger partial charge in [0.1, 0.15) is 18.2 Å². The van der Waals surface area contributed by atoms with E-state index in [-0.39, 0.29) is 0 Å². The van der Waals surface area contributed by atoms with Gasteiger partial charge in [-0.2, -0.15) is 0 Å². The minimum absolute atomic E-state index is 0.326. The van der Waals surface area contributed by atoms with E-state index in [1.165, 1.54) is 0 Å². The molecule has 7 heteroatoms. The predicted octanol–water partition coefficient (Wildman–Crippen LogP) is 3.75. The lowest BCUT2D eigenvalue weighted by atomic mass is 10.3. The van der Waals surface area contributed by atoms with Gasteiger partial charge in [-0.05, 0) is 41.1 Å². The third-order valence-electron chi connectivity index (χ3n) is 2.42. The van der Waals surface area contributed by atoms with Crippen LogP contribution in [0.1, 0.15) is 12.7 Å². The van der Waals surface area contributed by atoms with Crippen molar-refractivity contribution in [3.05, 3.63) is 39.6 Å². The normalized spacial score (nSPS) is 10.6. The third kappa shape index (κ3) is 4.06. The SMILES string of the molecule is CCOCc1nc(N)cc(Nc2cc(Cl)ccc2Br)n1. The van der Waals surface area contributed by atoms with E-state index in [0.717, 1.165) is 10.2 Å². The summed E-state index contributed by atoms with van der Waals surface area (Å²) in [5.74, 6) is 1.51. The van der Waals surface area contributed by atoms with E-state index >= 15 is 0 Å². The van der Waals surface area contributed by atoms with Gasteiger partial charge in [-0.3, -0.25) is 0 Å². The molecule has 106 valence electrons. The van der Waals surface area contributed by atoms with E-state index in [4.69, 9.17) is 22.1 Å². The van der Waals surface area contributed by atoms with Crippen molar-refractivity contribution in [2.45, 2.75) is 13.5 Å².